The first kappa shape index (κ1) is 101. The highest BCUT2D eigenvalue weighted by Crippen LogP contribution is 2.45. The summed E-state index contributed by atoms with van der Waals surface area (Å²) in [5, 5.41) is 10.7. The predicted octanol–water partition coefficient (Wildman–Crippen LogP) is 25.5. The Morgan fingerprint density at radius 2 is 0.447 bits per heavy atom. The Labute approximate surface area is 632 Å². The summed E-state index contributed by atoms with van der Waals surface area (Å²) in [5.74, 6) is -0.529. The van der Waals surface area contributed by atoms with Gasteiger partial charge in [-0.2, -0.15) is 0 Å². The van der Waals surface area contributed by atoms with Crippen molar-refractivity contribution in [1.29, 1.82) is 0 Å². The third-order valence-electron chi connectivity index (χ3n) is 19.7. The molecule has 0 bridgehead atoms. The Hall–Kier alpha value is -1.94. The first-order valence-corrected chi connectivity index (χ1v) is 46.5. The summed E-state index contributed by atoms with van der Waals surface area (Å²) < 4.78 is 68.8. The van der Waals surface area contributed by atoms with Gasteiger partial charge in [-0.1, -0.05) is 395 Å². The fourth-order valence-corrected chi connectivity index (χ4v) is 14.6. The predicted molar refractivity (Wildman–Crippen MR) is 423 cm³/mol. The molecule has 17 nitrogen and oxygen atoms in total. The summed E-state index contributed by atoms with van der Waals surface area (Å²) in [6.07, 6.45) is 66.7. The van der Waals surface area contributed by atoms with Crippen LogP contribution >= 0.6 is 15.6 Å². The van der Waals surface area contributed by atoms with Crippen molar-refractivity contribution in [2.75, 3.05) is 39.6 Å². The van der Waals surface area contributed by atoms with Gasteiger partial charge in [-0.3, -0.25) is 37.3 Å². The van der Waals surface area contributed by atoms with E-state index in [1.807, 2.05) is 0 Å². The molecular weight excluding hydrogens is 1340 g/mol. The van der Waals surface area contributed by atoms with E-state index in [2.05, 4.69) is 41.5 Å². The van der Waals surface area contributed by atoms with Crippen molar-refractivity contribution in [2.24, 2.45) is 11.8 Å². The molecule has 103 heavy (non-hydrogen) atoms. The average molecular weight is 1510 g/mol. The molecule has 0 spiro atoms. The normalized spacial score (nSPS) is 13.9. The zero-order valence-corrected chi connectivity index (χ0v) is 69.4. The molecule has 5 atom stereocenters. The molecule has 0 heterocycles. The number of phosphoric ester groups is 2. The molecule has 0 aliphatic rings. The number of carbonyl (C=O) groups excluding carboxylic acids is 4. The van der Waals surface area contributed by atoms with Crippen LogP contribution in [0, 0.1) is 11.8 Å². The van der Waals surface area contributed by atoms with Crippen molar-refractivity contribution in [1.82, 2.24) is 0 Å². The number of hydrogen-bond acceptors (Lipinski definition) is 15. The maximum absolute atomic E-state index is 13.1. The topological polar surface area (TPSA) is 237 Å². The number of hydrogen-bond donors (Lipinski definition) is 3. The quantitative estimate of drug-likeness (QED) is 0.0222. The van der Waals surface area contributed by atoms with Crippen LogP contribution in [0.15, 0.2) is 0 Å². The van der Waals surface area contributed by atoms with Crippen LogP contribution in [-0.2, 0) is 65.4 Å². The van der Waals surface area contributed by atoms with E-state index >= 15 is 0 Å². The molecule has 612 valence electrons. The summed E-state index contributed by atoms with van der Waals surface area (Å²) in [6.45, 7) is 9.67. The fourth-order valence-electron chi connectivity index (χ4n) is 13.1. The fraction of sp³-hybridized carbons (Fsp3) is 0.952. The molecule has 0 fully saturated rings. The van der Waals surface area contributed by atoms with E-state index in [1.54, 1.807) is 0 Å². The Morgan fingerprint density at radius 3 is 0.660 bits per heavy atom. The maximum atomic E-state index is 13.1. The number of phosphoric acid groups is 2. The first-order chi connectivity index (χ1) is 49.9. The Balaban J connectivity index is 5.20. The van der Waals surface area contributed by atoms with E-state index in [1.165, 1.54) is 263 Å². The number of rotatable bonds is 83. The van der Waals surface area contributed by atoms with Crippen LogP contribution in [0.4, 0.5) is 0 Å². The second-order valence-corrected chi connectivity index (χ2v) is 34.1. The zero-order chi connectivity index (χ0) is 75.6. The van der Waals surface area contributed by atoms with Crippen molar-refractivity contribution in [3.05, 3.63) is 0 Å². The summed E-state index contributed by atoms with van der Waals surface area (Å²) in [6, 6.07) is 0. The van der Waals surface area contributed by atoms with Gasteiger partial charge < -0.3 is 33.8 Å². The molecule has 0 aromatic carbocycles. The highest BCUT2D eigenvalue weighted by Gasteiger charge is 2.30. The number of ether oxygens (including phenoxy) is 4. The molecule has 0 aromatic heterocycles. The molecule has 0 radical (unpaired) electrons. The first-order valence-electron chi connectivity index (χ1n) is 43.5. The lowest BCUT2D eigenvalue weighted by Gasteiger charge is -2.21. The molecule has 0 saturated heterocycles. The van der Waals surface area contributed by atoms with Gasteiger partial charge in [0, 0.05) is 25.7 Å². The molecule has 0 aliphatic carbocycles. The SMILES string of the molecule is CCCCCCCCCCCCCCCCCCCCCCCC(=O)O[C@H](COC(=O)CCCCCCCCCCCCCCCCCCC(C)C)COP(=O)(O)OC[C@@H](O)COP(=O)(O)OC[C@@H](COC(=O)CCCCCCCCCCC)OC(=O)CCCCCCCCCCCCCC(C)C. The van der Waals surface area contributed by atoms with Gasteiger partial charge in [-0.25, -0.2) is 9.13 Å². The van der Waals surface area contributed by atoms with Crippen LogP contribution < -0.4 is 0 Å². The van der Waals surface area contributed by atoms with Crippen molar-refractivity contribution in [3.8, 4) is 0 Å². The monoisotopic (exact) mass is 1510 g/mol. The lowest BCUT2D eigenvalue weighted by atomic mass is 10.0. The van der Waals surface area contributed by atoms with Gasteiger partial charge in [-0.05, 0) is 37.5 Å². The number of carbonyl (C=O) groups is 4. The molecule has 0 amide bonds. The summed E-state index contributed by atoms with van der Waals surface area (Å²) in [4.78, 5) is 73.1. The van der Waals surface area contributed by atoms with Gasteiger partial charge in [-0.15, -0.1) is 0 Å². The van der Waals surface area contributed by atoms with Crippen molar-refractivity contribution >= 4 is 39.5 Å². The average Bonchev–Trinajstić information content (AvgIpc) is 0.930. The number of aliphatic hydroxyl groups is 1. The molecule has 19 heteroatoms. The van der Waals surface area contributed by atoms with Crippen molar-refractivity contribution in [2.45, 2.75) is 464 Å². The maximum Gasteiger partial charge on any atom is 0.472 e. The second kappa shape index (κ2) is 75.5. The minimum atomic E-state index is -4.96. The Kier molecular flexibility index (Phi) is 74.1. The van der Waals surface area contributed by atoms with Crippen molar-refractivity contribution < 1.29 is 80.2 Å². The van der Waals surface area contributed by atoms with E-state index in [4.69, 9.17) is 37.0 Å². The largest absolute Gasteiger partial charge is 0.472 e. The van der Waals surface area contributed by atoms with E-state index in [9.17, 15) is 43.2 Å². The summed E-state index contributed by atoms with van der Waals surface area (Å²) in [5.41, 5.74) is 0. The Bertz CT molecular complexity index is 1980. The molecule has 0 rings (SSSR count). The second-order valence-electron chi connectivity index (χ2n) is 31.2. The van der Waals surface area contributed by atoms with Crippen molar-refractivity contribution in [3.63, 3.8) is 0 Å². The van der Waals surface area contributed by atoms with Gasteiger partial charge in [0.25, 0.3) is 0 Å². The lowest BCUT2D eigenvalue weighted by molar-refractivity contribution is -0.161. The highest BCUT2D eigenvalue weighted by molar-refractivity contribution is 7.47. The van der Waals surface area contributed by atoms with Gasteiger partial charge in [0.2, 0.25) is 0 Å². The number of aliphatic hydroxyl groups excluding tert-OH is 1. The Morgan fingerprint density at radius 1 is 0.262 bits per heavy atom. The molecule has 0 saturated carbocycles. The standard InChI is InChI=1S/C84H164O17P2/c1-7-9-11-13-15-17-18-19-20-21-22-23-24-25-30-33-38-44-50-56-62-68-83(88)101-80(73-95-82(87)67-61-55-49-43-37-32-29-27-26-28-31-35-41-46-52-58-64-76(3)4)75-99-103(92,93)97-71-78(85)70-96-102(90,91)98-74-79(72-94-81(86)66-60-54-48-40-16-14-12-10-8-2)100-84(89)69-63-57-51-45-39-34-36-42-47-53-59-65-77(5)6/h76-80,85H,7-75H2,1-6H3,(H,90,91)(H,92,93)/t78-,79+,80+/m0/s1. The number of esters is 4. The molecule has 0 aromatic rings. The van der Waals surface area contributed by atoms with Gasteiger partial charge in [0.15, 0.2) is 12.2 Å². The molecular formula is C84H164O17P2. The summed E-state index contributed by atoms with van der Waals surface area (Å²) >= 11 is 0. The van der Waals surface area contributed by atoms with E-state index in [0.717, 1.165) is 102 Å². The van der Waals surface area contributed by atoms with E-state index < -0.39 is 97.5 Å². The van der Waals surface area contributed by atoms with Crippen LogP contribution in [-0.4, -0.2) is 96.7 Å². The summed E-state index contributed by atoms with van der Waals surface area (Å²) in [7, 11) is -9.92. The number of unbranched alkanes of at least 4 members (excludes halogenated alkanes) is 53. The van der Waals surface area contributed by atoms with Crippen LogP contribution in [0.5, 0.6) is 0 Å². The third-order valence-corrected chi connectivity index (χ3v) is 21.6. The van der Waals surface area contributed by atoms with E-state index in [-0.39, 0.29) is 25.7 Å². The molecule has 2 unspecified atom stereocenters. The van der Waals surface area contributed by atoms with Gasteiger partial charge in [0.05, 0.1) is 26.4 Å². The third kappa shape index (κ3) is 78.0. The molecule has 0 aliphatic heterocycles. The van der Waals surface area contributed by atoms with Crippen LogP contribution in [0.2, 0.25) is 0 Å². The van der Waals surface area contributed by atoms with E-state index in [0.29, 0.717) is 25.7 Å². The zero-order valence-electron chi connectivity index (χ0n) is 67.6. The lowest BCUT2D eigenvalue weighted by Crippen LogP contribution is -2.30. The van der Waals surface area contributed by atoms with Crippen LogP contribution in [0.3, 0.4) is 0 Å². The minimum absolute atomic E-state index is 0.107. The van der Waals surface area contributed by atoms with Crippen LogP contribution in [0.1, 0.15) is 446 Å². The van der Waals surface area contributed by atoms with Gasteiger partial charge in [0.1, 0.15) is 19.3 Å². The molecule has 3 N–H and O–H groups in total. The minimum Gasteiger partial charge on any atom is -0.462 e. The highest BCUT2D eigenvalue weighted by atomic mass is 31.2. The van der Waals surface area contributed by atoms with Crippen LogP contribution in [0.25, 0.3) is 0 Å². The van der Waals surface area contributed by atoms with Gasteiger partial charge >= 0.3 is 39.5 Å². The smallest absolute Gasteiger partial charge is 0.462 e.